The van der Waals surface area contributed by atoms with Gasteiger partial charge in [-0.15, -0.1) is 11.3 Å². The van der Waals surface area contributed by atoms with Crippen LogP contribution in [0.2, 0.25) is 0 Å². The lowest BCUT2D eigenvalue weighted by Crippen LogP contribution is -2.43. The van der Waals surface area contributed by atoms with Crippen molar-refractivity contribution in [3.63, 3.8) is 0 Å². The molecule has 2 heterocycles. The molecule has 1 saturated heterocycles. The molecule has 0 unspecified atom stereocenters. The molecule has 1 aromatic carbocycles. The number of thiophene rings is 1. The van der Waals surface area contributed by atoms with Crippen LogP contribution in [0.4, 0.5) is 11.4 Å². The number of hydrogen-bond donors (Lipinski definition) is 2. The molecule has 0 aliphatic carbocycles. The van der Waals surface area contributed by atoms with E-state index in [1.807, 2.05) is 11.4 Å². The molecule has 1 fully saturated rings. The van der Waals surface area contributed by atoms with Gasteiger partial charge < -0.3 is 15.0 Å². The Kier molecular flexibility index (Phi) is 6.43. The van der Waals surface area contributed by atoms with Gasteiger partial charge in [0.05, 0.1) is 29.8 Å². The van der Waals surface area contributed by atoms with Crippen LogP contribution < -0.4 is 14.8 Å². The number of nitrogens with one attached hydrogen (secondary N) is 2. The van der Waals surface area contributed by atoms with E-state index in [-0.39, 0.29) is 23.4 Å². The second-order valence-electron chi connectivity index (χ2n) is 6.85. The first-order chi connectivity index (χ1) is 13.8. The molecule has 1 aliphatic heterocycles. The van der Waals surface area contributed by atoms with Crippen molar-refractivity contribution < 1.29 is 22.7 Å². The van der Waals surface area contributed by atoms with Crippen LogP contribution >= 0.6 is 11.3 Å². The molecule has 0 bridgehead atoms. The first kappa shape index (κ1) is 21.1. The third-order valence-electron chi connectivity index (χ3n) is 4.57. The van der Waals surface area contributed by atoms with Crippen molar-refractivity contribution in [2.75, 3.05) is 36.5 Å². The summed E-state index contributed by atoms with van der Waals surface area (Å²) in [7, 11) is -2.07. The number of rotatable bonds is 6. The molecule has 3 rings (SSSR count). The molecular formula is C19H23N3O5S2. The molecule has 1 atom stereocenters. The van der Waals surface area contributed by atoms with E-state index in [2.05, 4.69) is 10.0 Å². The summed E-state index contributed by atoms with van der Waals surface area (Å²) in [6.45, 7) is 0.985. The van der Waals surface area contributed by atoms with E-state index >= 15 is 0 Å². The summed E-state index contributed by atoms with van der Waals surface area (Å²) >= 11 is 1.39. The zero-order chi connectivity index (χ0) is 21.0. The fraction of sp³-hybridized carbons (Fsp3) is 0.368. The largest absolute Gasteiger partial charge is 0.495 e. The SMILES string of the molecule is COc1ccc(NC(=O)[C@H]2CCCN(C(=O)c3cccs3)C2)cc1NS(C)(=O)=O. The first-order valence-corrected chi connectivity index (χ1v) is 11.8. The van der Waals surface area contributed by atoms with Gasteiger partial charge in [0.2, 0.25) is 15.9 Å². The fourth-order valence-electron chi connectivity index (χ4n) is 3.24. The minimum absolute atomic E-state index is 0.0541. The van der Waals surface area contributed by atoms with Crippen molar-refractivity contribution in [2.24, 2.45) is 5.92 Å². The van der Waals surface area contributed by atoms with E-state index in [4.69, 9.17) is 4.74 Å². The number of anilines is 2. The lowest BCUT2D eigenvalue weighted by atomic mass is 9.97. The Morgan fingerprint density at radius 3 is 2.72 bits per heavy atom. The standard InChI is InChI=1S/C19H23N3O5S2/c1-27-16-8-7-14(11-15(16)21-29(2,25)26)20-18(23)13-5-3-9-22(12-13)19(24)17-6-4-10-28-17/h4,6-8,10-11,13,21H,3,5,9,12H2,1-2H3,(H,20,23)/t13-/m0/s1. The number of ether oxygens (including phenoxy) is 1. The number of nitrogens with zero attached hydrogens (tertiary/aromatic N) is 1. The number of hydrogen-bond acceptors (Lipinski definition) is 6. The van der Waals surface area contributed by atoms with E-state index in [0.717, 1.165) is 12.7 Å². The molecule has 8 nitrogen and oxygen atoms in total. The molecule has 0 spiro atoms. The number of carbonyl (C=O) groups is 2. The highest BCUT2D eigenvalue weighted by Gasteiger charge is 2.29. The number of benzene rings is 1. The summed E-state index contributed by atoms with van der Waals surface area (Å²) in [6, 6.07) is 8.34. The van der Waals surface area contributed by atoms with Crippen LogP contribution in [0.5, 0.6) is 5.75 Å². The summed E-state index contributed by atoms with van der Waals surface area (Å²) in [5.41, 5.74) is 0.689. The Bertz CT molecular complexity index is 989. The average Bonchev–Trinajstić information content (AvgIpc) is 3.21. The van der Waals surface area contributed by atoms with Gasteiger partial charge in [0.1, 0.15) is 5.75 Å². The van der Waals surface area contributed by atoms with Gasteiger partial charge in [-0.25, -0.2) is 8.42 Å². The maximum absolute atomic E-state index is 12.8. The number of methoxy groups -OCH3 is 1. The van der Waals surface area contributed by atoms with Gasteiger partial charge in [0.25, 0.3) is 5.91 Å². The number of amides is 2. The lowest BCUT2D eigenvalue weighted by Gasteiger charge is -2.31. The molecule has 10 heteroatoms. The molecule has 2 amide bonds. The van der Waals surface area contributed by atoms with Gasteiger partial charge in [0.15, 0.2) is 0 Å². The minimum atomic E-state index is -3.50. The number of likely N-dealkylation sites (tertiary alicyclic amines) is 1. The summed E-state index contributed by atoms with van der Waals surface area (Å²) in [5.74, 6) is -0.245. The average molecular weight is 438 g/mol. The van der Waals surface area contributed by atoms with Crippen molar-refractivity contribution >= 4 is 44.5 Å². The van der Waals surface area contributed by atoms with Crippen molar-refractivity contribution in [1.82, 2.24) is 4.90 Å². The van der Waals surface area contributed by atoms with Crippen LogP contribution in [0.25, 0.3) is 0 Å². The molecule has 1 aromatic heterocycles. The Labute approximate surface area is 173 Å². The van der Waals surface area contributed by atoms with Gasteiger partial charge in [-0.1, -0.05) is 6.07 Å². The second kappa shape index (κ2) is 8.83. The Morgan fingerprint density at radius 1 is 1.28 bits per heavy atom. The molecule has 2 N–H and O–H groups in total. The topological polar surface area (TPSA) is 105 Å². The summed E-state index contributed by atoms with van der Waals surface area (Å²) in [5, 5.41) is 4.67. The predicted octanol–water partition coefficient (Wildman–Crippen LogP) is 2.62. The first-order valence-electron chi connectivity index (χ1n) is 9.06. The summed E-state index contributed by atoms with van der Waals surface area (Å²) in [4.78, 5) is 27.7. The quantitative estimate of drug-likeness (QED) is 0.723. The predicted molar refractivity (Wildman–Crippen MR) is 113 cm³/mol. The summed E-state index contributed by atoms with van der Waals surface area (Å²) in [6.07, 6.45) is 2.47. The third kappa shape index (κ3) is 5.48. The normalized spacial score (nSPS) is 16.9. The van der Waals surface area contributed by atoms with Crippen molar-refractivity contribution in [3.05, 3.63) is 40.6 Å². The number of sulfonamides is 1. The van der Waals surface area contributed by atoms with E-state index in [0.29, 0.717) is 35.8 Å². The van der Waals surface area contributed by atoms with Gasteiger partial charge in [-0.05, 0) is 42.5 Å². The molecule has 156 valence electrons. The Hall–Kier alpha value is -2.59. The summed E-state index contributed by atoms with van der Waals surface area (Å²) < 4.78 is 30.6. The highest BCUT2D eigenvalue weighted by atomic mass is 32.2. The fourth-order valence-corrected chi connectivity index (χ4v) is 4.49. The minimum Gasteiger partial charge on any atom is -0.495 e. The highest BCUT2D eigenvalue weighted by molar-refractivity contribution is 7.92. The van der Waals surface area contributed by atoms with Crippen molar-refractivity contribution in [1.29, 1.82) is 0 Å². The van der Waals surface area contributed by atoms with Gasteiger partial charge in [-0.3, -0.25) is 14.3 Å². The van der Waals surface area contributed by atoms with Crippen LogP contribution in [0.15, 0.2) is 35.7 Å². The van der Waals surface area contributed by atoms with Crippen molar-refractivity contribution in [3.8, 4) is 5.75 Å². The van der Waals surface area contributed by atoms with Crippen LogP contribution in [0.1, 0.15) is 22.5 Å². The Balaban J connectivity index is 1.69. The van der Waals surface area contributed by atoms with Gasteiger partial charge in [0, 0.05) is 18.8 Å². The van der Waals surface area contributed by atoms with E-state index in [1.54, 1.807) is 23.1 Å². The monoisotopic (exact) mass is 437 g/mol. The maximum atomic E-state index is 12.8. The number of piperidine rings is 1. The lowest BCUT2D eigenvalue weighted by molar-refractivity contribution is -0.121. The van der Waals surface area contributed by atoms with E-state index in [1.165, 1.54) is 24.5 Å². The van der Waals surface area contributed by atoms with Crippen LogP contribution in [-0.4, -0.2) is 51.6 Å². The molecular weight excluding hydrogens is 414 g/mol. The third-order valence-corrected chi connectivity index (χ3v) is 6.02. The zero-order valence-electron chi connectivity index (χ0n) is 16.2. The van der Waals surface area contributed by atoms with E-state index < -0.39 is 10.0 Å². The van der Waals surface area contributed by atoms with Gasteiger partial charge in [-0.2, -0.15) is 0 Å². The molecule has 0 saturated carbocycles. The molecule has 1 aliphatic rings. The molecule has 0 radical (unpaired) electrons. The van der Waals surface area contributed by atoms with Crippen LogP contribution in [-0.2, 0) is 14.8 Å². The zero-order valence-corrected chi connectivity index (χ0v) is 17.8. The smallest absolute Gasteiger partial charge is 0.263 e. The van der Waals surface area contributed by atoms with Crippen LogP contribution in [0, 0.1) is 5.92 Å². The molecule has 2 aromatic rings. The Morgan fingerprint density at radius 2 is 2.07 bits per heavy atom. The van der Waals surface area contributed by atoms with E-state index in [9.17, 15) is 18.0 Å². The second-order valence-corrected chi connectivity index (χ2v) is 9.54. The number of carbonyl (C=O) groups excluding carboxylic acids is 2. The van der Waals surface area contributed by atoms with Gasteiger partial charge >= 0.3 is 0 Å². The highest BCUT2D eigenvalue weighted by Crippen LogP contribution is 2.29. The molecule has 29 heavy (non-hydrogen) atoms. The maximum Gasteiger partial charge on any atom is 0.263 e. The van der Waals surface area contributed by atoms with Crippen molar-refractivity contribution in [2.45, 2.75) is 12.8 Å². The van der Waals surface area contributed by atoms with Crippen LogP contribution in [0.3, 0.4) is 0 Å².